The van der Waals surface area contributed by atoms with E-state index in [0.29, 0.717) is 17.8 Å². The number of rotatable bonds is 4. The monoisotopic (exact) mass is 314 g/mol. The van der Waals surface area contributed by atoms with Gasteiger partial charge in [-0.2, -0.15) is 0 Å². The van der Waals surface area contributed by atoms with E-state index in [2.05, 4.69) is 16.2 Å². The molecule has 0 saturated heterocycles. The number of nitrogens with zero attached hydrogens (tertiary/aromatic N) is 1. The number of benzene rings is 1. The van der Waals surface area contributed by atoms with E-state index in [1.807, 2.05) is 0 Å². The van der Waals surface area contributed by atoms with E-state index < -0.39 is 11.8 Å². The normalized spacial score (nSPS) is 10.0. The van der Waals surface area contributed by atoms with Gasteiger partial charge in [0.1, 0.15) is 5.69 Å². The SMILES string of the molecule is CC(=O)NCc1ccc(C(=O)NNC(=O)c2cccn2C)cc1. The molecule has 1 heterocycles. The van der Waals surface area contributed by atoms with E-state index in [0.717, 1.165) is 5.56 Å². The van der Waals surface area contributed by atoms with Crippen LogP contribution >= 0.6 is 0 Å². The van der Waals surface area contributed by atoms with Gasteiger partial charge in [0, 0.05) is 32.3 Å². The smallest absolute Gasteiger partial charge is 0.286 e. The Bertz CT molecular complexity index is 719. The van der Waals surface area contributed by atoms with E-state index in [4.69, 9.17) is 0 Å². The Hall–Kier alpha value is -3.09. The lowest BCUT2D eigenvalue weighted by Crippen LogP contribution is -2.42. The highest BCUT2D eigenvalue weighted by Crippen LogP contribution is 2.04. The van der Waals surface area contributed by atoms with Gasteiger partial charge in [-0.25, -0.2) is 0 Å². The topological polar surface area (TPSA) is 92.2 Å². The molecule has 0 atom stereocenters. The van der Waals surface area contributed by atoms with Gasteiger partial charge in [-0.3, -0.25) is 25.2 Å². The van der Waals surface area contributed by atoms with Crippen molar-refractivity contribution < 1.29 is 14.4 Å². The molecule has 1 aromatic carbocycles. The third-order valence-electron chi connectivity index (χ3n) is 3.22. The van der Waals surface area contributed by atoms with E-state index in [9.17, 15) is 14.4 Å². The molecule has 0 aliphatic carbocycles. The van der Waals surface area contributed by atoms with Crippen molar-refractivity contribution >= 4 is 17.7 Å². The summed E-state index contributed by atoms with van der Waals surface area (Å²) in [5, 5.41) is 2.67. The van der Waals surface area contributed by atoms with Crippen molar-refractivity contribution in [3.63, 3.8) is 0 Å². The van der Waals surface area contributed by atoms with Gasteiger partial charge in [0.25, 0.3) is 11.8 Å². The minimum Gasteiger partial charge on any atom is -0.352 e. The number of hydrazine groups is 1. The van der Waals surface area contributed by atoms with Crippen molar-refractivity contribution in [1.29, 1.82) is 0 Å². The van der Waals surface area contributed by atoms with Gasteiger partial charge in [-0.1, -0.05) is 12.1 Å². The lowest BCUT2D eigenvalue weighted by Gasteiger charge is -2.08. The fraction of sp³-hybridized carbons (Fsp3) is 0.188. The van der Waals surface area contributed by atoms with Crippen molar-refractivity contribution in [2.24, 2.45) is 7.05 Å². The zero-order chi connectivity index (χ0) is 16.8. The molecular formula is C16H18N4O3. The average molecular weight is 314 g/mol. The van der Waals surface area contributed by atoms with Crippen molar-refractivity contribution in [3.05, 3.63) is 59.4 Å². The van der Waals surface area contributed by atoms with Crippen molar-refractivity contribution in [2.45, 2.75) is 13.5 Å². The van der Waals surface area contributed by atoms with E-state index >= 15 is 0 Å². The van der Waals surface area contributed by atoms with Crippen LogP contribution in [-0.2, 0) is 18.4 Å². The Morgan fingerprint density at radius 1 is 1.00 bits per heavy atom. The average Bonchev–Trinajstić information content (AvgIpc) is 2.97. The minimum absolute atomic E-state index is 0.116. The van der Waals surface area contributed by atoms with Crippen LogP contribution in [-0.4, -0.2) is 22.3 Å². The first kappa shape index (κ1) is 16.3. The summed E-state index contributed by atoms with van der Waals surface area (Å²) in [7, 11) is 1.74. The van der Waals surface area contributed by atoms with Gasteiger partial charge < -0.3 is 9.88 Å². The summed E-state index contributed by atoms with van der Waals surface area (Å²) in [6, 6.07) is 10.1. The molecule has 0 spiro atoms. The first-order valence-corrected chi connectivity index (χ1v) is 7.03. The molecule has 2 rings (SSSR count). The lowest BCUT2D eigenvalue weighted by atomic mass is 10.1. The Kier molecular flexibility index (Phi) is 5.14. The molecule has 0 aliphatic heterocycles. The first-order chi connectivity index (χ1) is 11.0. The Morgan fingerprint density at radius 3 is 2.22 bits per heavy atom. The second kappa shape index (κ2) is 7.26. The molecule has 0 aliphatic rings. The Morgan fingerprint density at radius 2 is 1.65 bits per heavy atom. The van der Waals surface area contributed by atoms with Crippen LogP contribution in [0.4, 0.5) is 0 Å². The number of hydrogen-bond acceptors (Lipinski definition) is 3. The molecule has 1 aromatic heterocycles. The van der Waals surface area contributed by atoms with Crippen molar-refractivity contribution in [3.8, 4) is 0 Å². The molecule has 7 heteroatoms. The highest BCUT2D eigenvalue weighted by molar-refractivity contribution is 5.98. The molecule has 0 bridgehead atoms. The van der Waals surface area contributed by atoms with Crippen LogP contribution in [0.1, 0.15) is 33.3 Å². The molecule has 3 amide bonds. The van der Waals surface area contributed by atoms with E-state index in [-0.39, 0.29) is 5.91 Å². The summed E-state index contributed by atoms with van der Waals surface area (Å²) in [6.07, 6.45) is 1.74. The van der Waals surface area contributed by atoms with Gasteiger partial charge in [-0.15, -0.1) is 0 Å². The summed E-state index contributed by atoms with van der Waals surface area (Å²) in [5.41, 5.74) is 6.45. The molecule has 120 valence electrons. The summed E-state index contributed by atoms with van der Waals surface area (Å²) in [6.45, 7) is 1.85. The highest BCUT2D eigenvalue weighted by atomic mass is 16.2. The molecule has 3 N–H and O–H groups in total. The fourth-order valence-electron chi connectivity index (χ4n) is 1.95. The number of aromatic nitrogens is 1. The number of amides is 3. The van der Waals surface area contributed by atoms with Crippen LogP contribution < -0.4 is 16.2 Å². The maximum absolute atomic E-state index is 12.0. The molecule has 23 heavy (non-hydrogen) atoms. The third-order valence-corrected chi connectivity index (χ3v) is 3.22. The number of aryl methyl sites for hydroxylation is 1. The number of carbonyl (C=O) groups is 3. The third kappa shape index (κ3) is 4.44. The van der Waals surface area contributed by atoms with Gasteiger partial charge in [0.2, 0.25) is 5.91 Å². The summed E-state index contributed by atoms with van der Waals surface area (Å²) >= 11 is 0. The predicted octanol–water partition coefficient (Wildman–Crippen LogP) is 0.736. The van der Waals surface area contributed by atoms with E-state index in [1.54, 1.807) is 54.2 Å². The van der Waals surface area contributed by atoms with Crippen molar-refractivity contribution in [1.82, 2.24) is 20.7 Å². The quantitative estimate of drug-likeness (QED) is 0.727. The van der Waals surface area contributed by atoms with Gasteiger partial charge in [-0.05, 0) is 29.8 Å². The molecule has 2 aromatic rings. The maximum Gasteiger partial charge on any atom is 0.286 e. The van der Waals surface area contributed by atoms with E-state index in [1.165, 1.54) is 6.92 Å². The Balaban J connectivity index is 1.89. The van der Waals surface area contributed by atoms with Crippen LogP contribution in [0.3, 0.4) is 0 Å². The molecule has 0 fully saturated rings. The summed E-state index contributed by atoms with van der Waals surface area (Å²) in [5.74, 6) is -0.929. The fourth-order valence-corrected chi connectivity index (χ4v) is 1.95. The van der Waals surface area contributed by atoms with Crippen LogP contribution in [0.25, 0.3) is 0 Å². The largest absolute Gasteiger partial charge is 0.352 e. The summed E-state index contributed by atoms with van der Waals surface area (Å²) in [4.78, 5) is 34.7. The van der Waals surface area contributed by atoms with Crippen LogP contribution in [0.5, 0.6) is 0 Å². The number of carbonyl (C=O) groups excluding carboxylic acids is 3. The zero-order valence-corrected chi connectivity index (χ0v) is 12.9. The van der Waals surface area contributed by atoms with Gasteiger partial charge >= 0.3 is 0 Å². The number of hydrogen-bond donors (Lipinski definition) is 3. The van der Waals surface area contributed by atoms with Crippen molar-refractivity contribution in [2.75, 3.05) is 0 Å². The molecule has 0 saturated carbocycles. The zero-order valence-electron chi connectivity index (χ0n) is 12.9. The van der Waals surface area contributed by atoms with Gasteiger partial charge in [0.05, 0.1) is 0 Å². The van der Waals surface area contributed by atoms with Crippen LogP contribution in [0.15, 0.2) is 42.6 Å². The molecular weight excluding hydrogens is 296 g/mol. The second-order valence-corrected chi connectivity index (χ2v) is 5.02. The predicted molar refractivity (Wildman–Crippen MR) is 84.3 cm³/mol. The second-order valence-electron chi connectivity index (χ2n) is 5.02. The van der Waals surface area contributed by atoms with Crippen LogP contribution in [0, 0.1) is 0 Å². The first-order valence-electron chi connectivity index (χ1n) is 7.03. The van der Waals surface area contributed by atoms with Gasteiger partial charge in [0.15, 0.2) is 0 Å². The molecule has 7 nitrogen and oxygen atoms in total. The molecule has 0 radical (unpaired) electrons. The Labute approximate surface area is 133 Å². The standard InChI is InChI=1S/C16H18N4O3/c1-11(21)17-10-12-5-7-13(8-6-12)15(22)18-19-16(23)14-4-3-9-20(14)2/h3-9H,10H2,1-2H3,(H,17,21)(H,18,22)(H,19,23). The maximum atomic E-state index is 12.0. The lowest BCUT2D eigenvalue weighted by molar-refractivity contribution is -0.119. The summed E-state index contributed by atoms with van der Waals surface area (Å²) < 4.78 is 1.65. The van der Waals surface area contributed by atoms with Crippen LogP contribution in [0.2, 0.25) is 0 Å². The molecule has 0 unspecified atom stereocenters. The number of nitrogens with one attached hydrogen (secondary N) is 3. The highest BCUT2D eigenvalue weighted by Gasteiger charge is 2.11. The minimum atomic E-state index is -0.418.